The van der Waals surface area contributed by atoms with Crippen LogP contribution in [0, 0.1) is 23.3 Å². The Morgan fingerprint density at radius 1 is 1.00 bits per heavy atom. The van der Waals surface area contributed by atoms with Crippen LogP contribution in [0.1, 0.15) is 53.2 Å². The van der Waals surface area contributed by atoms with E-state index in [1.807, 2.05) is 0 Å². The second-order valence-electron chi connectivity index (χ2n) is 7.87. The van der Waals surface area contributed by atoms with Gasteiger partial charge >= 0.3 is 5.97 Å². The van der Waals surface area contributed by atoms with Gasteiger partial charge in [-0.3, -0.25) is 0 Å². The molecule has 0 fully saturated rings. The lowest BCUT2D eigenvalue weighted by atomic mass is 9.96. The number of nitrogens with zero attached hydrogens (tertiary/aromatic N) is 1. The molecule has 0 saturated heterocycles. The van der Waals surface area contributed by atoms with Gasteiger partial charge in [-0.2, -0.15) is 0 Å². The fourth-order valence-electron chi connectivity index (χ4n) is 4.05. The molecule has 0 unspecified atom stereocenters. The number of carbonyl (C=O) groups excluding carboxylic acids is 1. The van der Waals surface area contributed by atoms with Crippen LogP contribution < -0.4 is 4.74 Å². The molecular formula is C26H20BrF4NO3. The first-order valence-corrected chi connectivity index (χ1v) is 11.7. The molecule has 4 nitrogen and oxygen atoms in total. The predicted molar refractivity (Wildman–Crippen MR) is 126 cm³/mol. The van der Waals surface area contributed by atoms with Crippen molar-refractivity contribution in [2.75, 3.05) is 6.61 Å². The van der Waals surface area contributed by atoms with Gasteiger partial charge in [0.2, 0.25) is 5.88 Å². The van der Waals surface area contributed by atoms with Crippen LogP contribution in [-0.4, -0.2) is 17.6 Å². The number of hydrogen-bond donors (Lipinski definition) is 0. The van der Waals surface area contributed by atoms with Crippen LogP contribution >= 0.6 is 15.9 Å². The number of ether oxygens (including phenoxy) is 2. The molecule has 0 amide bonds. The summed E-state index contributed by atoms with van der Waals surface area (Å²) < 4.78 is 67.0. The zero-order valence-electron chi connectivity index (χ0n) is 18.6. The minimum absolute atomic E-state index is 0.121. The maximum atomic E-state index is 14.3. The summed E-state index contributed by atoms with van der Waals surface area (Å²) in [7, 11) is 0. The third-order valence-electron chi connectivity index (χ3n) is 5.63. The monoisotopic (exact) mass is 549 g/mol. The van der Waals surface area contributed by atoms with Gasteiger partial charge in [0, 0.05) is 28.4 Å². The zero-order chi connectivity index (χ0) is 25.1. The third-order valence-corrected chi connectivity index (χ3v) is 6.06. The summed E-state index contributed by atoms with van der Waals surface area (Å²) in [6, 6.07) is 7.23. The van der Waals surface area contributed by atoms with E-state index in [1.54, 1.807) is 19.1 Å². The molecule has 0 N–H and O–H groups in total. The number of hydrogen-bond acceptors (Lipinski definition) is 4. The molecule has 0 bridgehead atoms. The van der Waals surface area contributed by atoms with Crippen molar-refractivity contribution in [1.82, 2.24) is 4.98 Å². The van der Waals surface area contributed by atoms with Crippen LogP contribution in [0.25, 0.3) is 11.1 Å². The SMILES string of the molecule is CCOC(=O)c1cc(C2=C(c3cc(Br)cnc3OCc3c(F)cc(F)cc3F)CCC2)ccc1F. The molecule has 182 valence electrons. The van der Waals surface area contributed by atoms with Crippen LogP contribution in [-0.2, 0) is 11.3 Å². The largest absolute Gasteiger partial charge is 0.472 e. The fraction of sp³-hybridized carbons (Fsp3) is 0.231. The van der Waals surface area contributed by atoms with E-state index in [0.29, 0.717) is 40.6 Å². The van der Waals surface area contributed by atoms with Crippen molar-refractivity contribution in [2.24, 2.45) is 0 Å². The molecule has 1 aliphatic rings. The van der Waals surface area contributed by atoms with E-state index in [4.69, 9.17) is 9.47 Å². The molecule has 1 aliphatic carbocycles. The number of aromatic nitrogens is 1. The van der Waals surface area contributed by atoms with Crippen molar-refractivity contribution >= 4 is 33.0 Å². The fourth-order valence-corrected chi connectivity index (χ4v) is 4.38. The minimum atomic E-state index is -1.06. The normalized spacial score (nSPS) is 13.3. The number of allylic oxidation sites excluding steroid dienone is 2. The summed E-state index contributed by atoms with van der Waals surface area (Å²) in [5.74, 6) is -4.42. The molecule has 3 aromatic rings. The van der Waals surface area contributed by atoms with Crippen molar-refractivity contribution in [1.29, 1.82) is 0 Å². The molecule has 0 radical (unpaired) electrons. The van der Waals surface area contributed by atoms with Crippen LogP contribution in [0.15, 0.2) is 47.1 Å². The van der Waals surface area contributed by atoms with E-state index in [1.165, 1.54) is 18.3 Å². The van der Waals surface area contributed by atoms with Crippen molar-refractivity contribution in [3.8, 4) is 5.88 Å². The minimum Gasteiger partial charge on any atom is -0.472 e. The highest BCUT2D eigenvalue weighted by atomic mass is 79.9. The standard InChI is InChI=1S/C26H20BrF4NO3/c1-2-34-26(33)20-8-14(6-7-22(20)29)17-4-3-5-18(17)19-9-15(27)12-32-25(19)35-13-21-23(30)10-16(28)11-24(21)31/h6-12H,2-5,13H2,1H3. The Bertz CT molecular complexity index is 1300. The summed E-state index contributed by atoms with van der Waals surface area (Å²) >= 11 is 3.39. The van der Waals surface area contributed by atoms with E-state index in [9.17, 15) is 22.4 Å². The summed E-state index contributed by atoms with van der Waals surface area (Å²) in [5.41, 5.74) is 2.41. The molecular weight excluding hydrogens is 530 g/mol. The van der Waals surface area contributed by atoms with Gasteiger partial charge in [-0.15, -0.1) is 0 Å². The predicted octanol–water partition coefficient (Wildman–Crippen LogP) is 7.25. The maximum absolute atomic E-state index is 14.3. The van der Waals surface area contributed by atoms with Crippen molar-refractivity contribution in [3.63, 3.8) is 0 Å². The zero-order valence-corrected chi connectivity index (χ0v) is 20.2. The Balaban J connectivity index is 1.72. The first-order valence-electron chi connectivity index (χ1n) is 10.9. The van der Waals surface area contributed by atoms with Crippen molar-refractivity contribution < 1.29 is 31.8 Å². The van der Waals surface area contributed by atoms with Crippen molar-refractivity contribution in [2.45, 2.75) is 32.8 Å². The highest BCUT2D eigenvalue weighted by Crippen LogP contribution is 2.43. The van der Waals surface area contributed by atoms with E-state index < -0.39 is 41.4 Å². The van der Waals surface area contributed by atoms with Gasteiger partial charge in [0.25, 0.3) is 0 Å². The smallest absolute Gasteiger partial charge is 0.341 e. The van der Waals surface area contributed by atoms with E-state index >= 15 is 0 Å². The Morgan fingerprint density at radius 3 is 2.43 bits per heavy atom. The van der Waals surface area contributed by atoms with Crippen LogP contribution in [0.5, 0.6) is 5.88 Å². The summed E-state index contributed by atoms with van der Waals surface area (Å²) in [6.45, 7) is 1.27. The lowest BCUT2D eigenvalue weighted by Gasteiger charge is -2.15. The number of rotatable bonds is 7. The Kier molecular flexibility index (Phi) is 7.54. The average molecular weight is 550 g/mol. The van der Waals surface area contributed by atoms with E-state index in [2.05, 4.69) is 20.9 Å². The second-order valence-corrected chi connectivity index (χ2v) is 8.78. The van der Waals surface area contributed by atoms with E-state index in [-0.39, 0.29) is 18.1 Å². The average Bonchev–Trinajstić information content (AvgIpc) is 3.29. The first-order chi connectivity index (χ1) is 16.8. The lowest BCUT2D eigenvalue weighted by Crippen LogP contribution is -2.08. The summed E-state index contributed by atoms with van der Waals surface area (Å²) in [6.07, 6.45) is 3.59. The van der Waals surface area contributed by atoms with Crippen molar-refractivity contribution in [3.05, 3.63) is 92.6 Å². The Labute approximate surface area is 207 Å². The second kappa shape index (κ2) is 10.6. The molecule has 1 heterocycles. The maximum Gasteiger partial charge on any atom is 0.341 e. The van der Waals surface area contributed by atoms with Gasteiger partial charge in [-0.05, 0) is 77.0 Å². The summed E-state index contributed by atoms with van der Waals surface area (Å²) in [5, 5.41) is 0. The van der Waals surface area contributed by atoms with Gasteiger partial charge in [0.05, 0.1) is 17.7 Å². The highest BCUT2D eigenvalue weighted by Gasteiger charge is 2.24. The number of halogens is 5. The van der Waals surface area contributed by atoms with E-state index in [0.717, 1.165) is 17.6 Å². The molecule has 9 heteroatoms. The highest BCUT2D eigenvalue weighted by molar-refractivity contribution is 9.10. The van der Waals surface area contributed by atoms with Crippen LogP contribution in [0.2, 0.25) is 0 Å². The summed E-state index contributed by atoms with van der Waals surface area (Å²) in [4.78, 5) is 16.5. The van der Waals surface area contributed by atoms with Gasteiger partial charge in [-0.25, -0.2) is 27.3 Å². The van der Waals surface area contributed by atoms with Gasteiger partial charge < -0.3 is 9.47 Å². The molecule has 4 rings (SSSR count). The first kappa shape index (κ1) is 24.9. The third kappa shape index (κ3) is 5.40. The quantitative estimate of drug-likeness (QED) is 0.230. The van der Waals surface area contributed by atoms with Crippen LogP contribution in [0.4, 0.5) is 17.6 Å². The molecule has 0 saturated carbocycles. The van der Waals surface area contributed by atoms with Gasteiger partial charge in [0.15, 0.2) is 0 Å². The lowest BCUT2D eigenvalue weighted by molar-refractivity contribution is 0.0521. The molecule has 2 aromatic carbocycles. The molecule has 0 spiro atoms. The number of pyridine rings is 1. The molecule has 0 atom stereocenters. The van der Waals surface area contributed by atoms with Gasteiger partial charge in [0.1, 0.15) is 29.9 Å². The number of benzene rings is 2. The molecule has 1 aromatic heterocycles. The topological polar surface area (TPSA) is 48.4 Å². The van der Waals surface area contributed by atoms with Gasteiger partial charge in [-0.1, -0.05) is 6.07 Å². The Hall–Kier alpha value is -3.20. The molecule has 35 heavy (non-hydrogen) atoms. The molecule has 0 aliphatic heterocycles. The number of carbonyl (C=O) groups is 1. The Morgan fingerprint density at radius 2 is 1.71 bits per heavy atom. The number of esters is 1. The van der Waals surface area contributed by atoms with Crippen LogP contribution in [0.3, 0.4) is 0 Å².